The van der Waals surface area contributed by atoms with Crippen LogP contribution in [0.15, 0.2) is 42.5 Å². The quantitative estimate of drug-likeness (QED) is 0.784. The van der Waals surface area contributed by atoms with Crippen molar-refractivity contribution in [2.45, 2.75) is 39.7 Å². The molecule has 0 spiro atoms. The van der Waals surface area contributed by atoms with E-state index >= 15 is 0 Å². The molecule has 26 heavy (non-hydrogen) atoms. The fourth-order valence-electron chi connectivity index (χ4n) is 2.58. The number of anilines is 1. The van der Waals surface area contributed by atoms with E-state index in [0.29, 0.717) is 17.0 Å². The highest BCUT2D eigenvalue weighted by molar-refractivity contribution is 6.02. The van der Waals surface area contributed by atoms with Crippen molar-refractivity contribution in [2.75, 3.05) is 12.4 Å². The standard InChI is InChI=1S/C21H25NO4/c1-13(2)16-11-10-14(3)12-19(16)26-15(4)20(23)22-18-9-7-6-8-17(18)21(24)25-5/h6-13,15H,1-5H3,(H,22,23)/t15-/m0/s1. The van der Waals surface area contributed by atoms with Crippen molar-refractivity contribution in [3.8, 4) is 5.75 Å². The van der Waals surface area contributed by atoms with Crippen LogP contribution in [0.3, 0.4) is 0 Å². The van der Waals surface area contributed by atoms with Crippen LogP contribution in [-0.2, 0) is 9.53 Å². The van der Waals surface area contributed by atoms with Crippen LogP contribution in [0.4, 0.5) is 5.69 Å². The van der Waals surface area contributed by atoms with Crippen molar-refractivity contribution in [3.63, 3.8) is 0 Å². The summed E-state index contributed by atoms with van der Waals surface area (Å²) in [6.45, 7) is 7.82. The van der Waals surface area contributed by atoms with Crippen LogP contribution in [0.5, 0.6) is 5.75 Å². The first-order valence-electron chi connectivity index (χ1n) is 8.59. The van der Waals surface area contributed by atoms with Crippen LogP contribution >= 0.6 is 0 Å². The second kappa shape index (κ2) is 8.52. The van der Waals surface area contributed by atoms with Gasteiger partial charge in [0.1, 0.15) is 5.75 Å². The largest absolute Gasteiger partial charge is 0.481 e. The molecular weight excluding hydrogens is 330 g/mol. The molecular formula is C21H25NO4. The molecule has 0 saturated heterocycles. The molecule has 0 radical (unpaired) electrons. The number of carbonyl (C=O) groups excluding carboxylic acids is 2. The number of para-hydroxylation sites is 1. The average Bonchev–Trinajstić information content (AvgIpc) is 2.61. The van der Waals surface area contributed by atoms with E-state index in [9.17, 15) is 9.59 Å². The maximum atomic E-state index is 12.6. The van der Waals surface area contributed by atoms with Gasteiger partial charge in [-0.15, -0.1) is 0 Å². The first-order chi connectivity index (χ1) is 12.3. The molecule has 5 heteroatoms. The molecule has 138 valence electrons. The third kappa shape index (κ3) is 4.63. The van der Waals surface area contributed by atoms with Crippen molar-refractivity contribution >= 4 is 17.6 Å². The summed E-state index contributed by atoms with van der Waals surface area (Å²) in [5, 5.41) is 2.74. The molecule has 0 aliphatic heterocycles. The van der Waals surface area contributed by atoms with Crippen LogP contribution in [0.25, 0.3) is 0 Å². The summed E-state index contributed by atoms with van der Waals surface area (Å²) in [6.07, 6.45) is -0.722. The molecule has 0 aromatic heterocycles. The Morgan fingerprint density at radius 1 is 1.04 bits per heavy atom. The summed E-state index contributed by atoms with van der Waals surface area (Å²) < 4.78 is 10.7. The Bertz CT molecular complexity index is 798. The predicted molar refractivity (Wildman–Crippen MR) is 102 cm³/mol. The van der Waals surface area contributed by atoms with Crippen LogP contribution in [0.2, 0.25) is 0 Å². The molecule has 0 aliphatic carbocycles. The second-order valence-electron chi connectivity index (χ2n) is 6.48. The van der Waals surface area contributed by atoms with Crippen LogP contribution in [0.1, 0.15) is 48.2 Å². The van der Waals surface area contributed by atoms with E-state index in [0.717, 1.165) is 11.1 Å². The molecule has 1 atom stereocenters. The molecule has 1 amide bonds. The van der Waals surface area contributed by atoms with Crippen molar-refractivity contribution in [1.82, 2.24) is 0 Å². The lowest BCUT2D eigenvalue weighted by atomic mass is 10.0. The van der Waals surface area contributed by atoms with Crippen molar-refractivity contribution in [3.05, 3.63) is 59.2 Å². The monoisotopic (exact) mass is 355 g/mol. The maximum Gasteiger partial charge on any atom is 0.339 e. The summed E-state index contributed by atoms with van der Waals surface area (Å²) >= 11 is 0. The van der Waals surface area contributed by atoms with Gasteiger partial charge in [0.2, 0.25) is 0 Å². The Morgan fingerprint density at radius 2 is 1.73 bits per heavy atom. The van der Waals surface area contributed by atoms with E-state index in [1.165, 1.54) is 7.11 Å². The minimum absolute atomic E-state index is 0.279. The van der Waals surface area contributed by atoms with Gasteiger partial charge in [-0.1, -0.05) is 38.1 Å². The number of benzene rings is 2. The van der Waals surface area contributed by atoms with Crippen molar-refractivity contribution in [1.29, 1.82) is 0 Å². The summed E-state index contributed by atoms with van der Waals surface area (Å²) in [5.74, 6) is 0.137. The number of esters is 1. The van der Waals surface area contributed by atoms with Gasteiger partial charge in [-0.25, -0.2) is 4.79 Å². The van der Waals surface area contributed by atoms with Gasteiger partial charge in [0.25, 0.3) is 5.91 Å². The van der Waals surface area contributed by atoms with E-state index in [2.05, 4.69) is 19.2 Å². The second-order valence-corrected chi connectivity index (χ2v) is 6.48. The predicted octanol–water partition coefficient (Wildman–Crippen LogP) is 4.31. The number of ether oxygens (including phenoxy) is 2. The zero-order chi connectivity index (χ0) is 19.3. The highest BCUT2D eigenvalue weighted by Gasteiger charge is 2.20. The van der Waals surface area contributed by atoms with E-state index in [1.54, 1.807) is 31.2 Å². The summed E-state index contributed by atoms with van der Waals surface area (Å²) in [5.41, 5.74) is 2.81. The number of aryl methyl sites for hydroxylation is 1. The lowest BCUT2D eigenvalue weighted by Crippen LogP contribution is -2.31. The number of amides is 1. The van der Waals surface area contributed by atoms with Gasteiger partial charge in [-0.05, 0) is 49.1 Å². The molecule has 0 fully saturated rings. The van der Waals surface area contributed by atoms with Gasteiger partial charge in [0.15, 0.2) is 6.10 Å². The fourth-order valence-corrected chi connectivity index (χ4v) is 2.58. The minimum atomic E-state index is -0.722. The van der Waals surface area contributed by atoms with Gasteiger partial charge in [0, 0.05) is 0 Å². The molecule has 1 N–H and O–H groups in total. The Labute approximate surface area is 154 Å². The number of hydrogen-bond acceptors (Lipinski definition) is 4. The third-order valence-electron chi connectivity index (χ3n) is 4.05. The smallest absolute Gasteiger partial charge is 0.339 e. The highest BCUT2D eigenvalue weighted by atomic mass is 16.5. The van der Waals surface area contributed by atoms with Gasteiger partial charge < -0.3 is 14.8 Å². The number of rotatable bonds is 6. The first-order valence-corrected chi connectivity index (χ1v) is 8.59. The summed E-state index contributed by atoms with van der Waals surface area (Å²) in [4.78, 5) is 24.4. The zero-order valence-corrected chi connectivity index (χ0v) is 15.8. The molecule has 2 aromatic rings. The van der Waals surface area contributed by atoms with E-state index in [1.807, 2.05) is 25.1 Å². The van der Waals surface area contributed by atoms with Gasteiger partial charge in [-0.3, -0.25) is 4.79 Å². The summed E-state index contributed by atoms with van der Waals surface area (Å²) in [6, 6.07) is 12.7. The topological polar surface area (TPSA) is 64.6 Å². The number of methoxy groups -OCH3 is 1. The maximum absolute atomic E-state index is 12.6. The molecule has 2 aromatic carbocycles. The lowest BCUT2D eigenvalue weighted by molar-refractivity contribution is -0.122. The Balaban J connectivity index is 2.17. The van der Waals surface area contributed by atoms with Crippen molar-refractivity contribution in [2.24, 2.45) is 0 Å². The lowest BCUT2D eigenvalue weighted by Gasteiger charge is -2.20. The Morgan fingerprint density at radius 3 is 2.38 bits per heavy atom. The molecule has 5 nitrogen and oxygen atoms in total. The van der Waals surface area contributed by atoms with E-state index in [-0.39, 0.29) is 11.8 Å². The van der Waals surface area contributed by atoms with Crippen molar-refractivity contribution < 1.29 is 19.1 Å². The molecule has 2 rings (SSSR count). The highest BCUT2D eigenvalue weighted by Crippen LogP contribution is 2.28. The summed E-state index contributed by atoms with van der Waals surface area (Å²) in [7, 11) is 1.30. The fraction of sp³-hybridized carbons (Fsp3) is 0.333. The molecule has 0 heterocycles. The number of nitrogens with one attached hydrogen (secondary N) is 1. The molecule has 0 unspecified atom stereocenters. The SMILES string of the molecule is COC(=O)c1ccccc1NC(=O)[C@H](C)Oc1cc(C)ccc1C(C)C. The van der Waals surface area contributed by atoms with Crippen LogP contribution in [0, 0.1) is 6.92 Å². The van der Waals surface area contributed by atoms with Crippen LogP contribution < -0.4 is 10.1 Å². The molecule has 0 bridgehead atoms. The van der Waals surface area contributed by atoms with E-state index < -0.39 is 12.1 Å². The van der Waals surface area contributed by atoms with Gasteiger partial charge in [0.05, 0.1) is 18.4 Å². The van der Waals surface area contributed by atoms with E-state index in [4.69, 9.17) is 9.47 Å². The normalized spacial score (nSPS) is 11.8. The van der Waals surface area contributed by atoms with Crippen LogP contribution in [-0.4, -0.2) is 25.1 Å². The number of carbonyl (C=O) groups is 2. The number of hydrogen-bond donors (Lipinski definition) is 1. The Kier molecular flexibility index (Phi) is 6.39. The third-order valence-corrected chi connectivity index (χ3v) is 4.05. The van der Waals surface area contributed by atoms with Gasteiger partial charge in [-0.2, -0.15) is 0 Å². The Hall–Kier alpha value is -2.82. The molecule has 0 saturated carbocycles. The minimum Gasteiger partial charge on any atom is -0.481 e. The zero-order valence-electron chi connectivity index (χ0n) is 15.8. The first kappa shape index (κ1) is 19.5. The molecule has 0 aliphatic rings. The average molecular weight is 355 g/mol. The van der Waals surface area contributed by atoms with Gasteiger partial charge >= 0.3 is 5.97 Å².